The summed E-state index contributed by atoms with van der Waals surface area (Å²) in [6.07, 6.45) is -1.10. The predicted molar refractivity (Wildman–Crippen MR) is 101 cm³/mol. The number of carbonyl (C=O) groups is 3. The van der Waals surface area contributed by atoms with E-state index in [1.54, 1.807) is 42.5 Å². The summed E-state index contributed by atoms with van der Waals surface area (Å²) in [6, 6.07) is 14.9. The van der Waals surface area contributed by atoms with Crippen molar-refractivity contribution in [2.24, 2.45) is 0 Å². The molecule has 0 saturated heterocycles. The standard InChI is InChI=1S/C20H19N3O5/c1-13(19(25)23-17-9-4-3-6-15(17)11-21)28-18(24)12-22-20(26)14-7-5-8-16(10-14)27-2/h3-10,13H,12H2,1-2H3,(H,22,26)(H,23,25). The monoisotopic (exact) mass is 381 g/mol. The van der Waals surface area contributed by atoms with Gasteiger partial charge >= 0.3 is 5.97 Å². The number of ether oxygens (including phenoxy) is 2. The molecule has 2 rings (SSSR count). The first-order valence-electron chi connectivity index (χ1n) is 8.36. The zero-order valence-corrected chi connectivity index (χ0v) is 15.4. The van der Waals surface area contributed by atoms with Gasteiger partial charge in [-0.2, -0.15) is 5.26 Å². The van der Waals surface area contributed by atoms with Gasteiger partial charge in [-0.15, -0.1) is 0 Å². The molecular weight excluding hydrogens is 362 g/mol. The van der Waals surface area contributed by atoms with Crippen LogP contribution in [0.5, 0.6) is 5.75 Å². The SMILES string of the molecule is COc1cccc(C(=O)NCC(=O)OC(C)C(=O)Nc2ccccc2C#N)c1. The fourth-order valence-corrected chi connectivity index (χ4v) is 2.24. The first-order valence-corrected chi connectivity index (χ1v) is 8.36. The number of rotatable bonds is 7. The first-order chi connectivity index (χ1) is 13.4. The zero-order valence-electron chi connectivity index (χ0n) is 15.4. The van der Waals surface area contributed by atoms with Gasteiger partial charge in [0.15, 0.2) is 6.10 Å². The van der Waals surface area contributed by atoms with Crippen LogP contribution in [0.2, 0.25) is 0 Å². The maximum atomic E-state index is 12.1. The van der Waals surface area contributed by atoms with Gasteiger partial charge in [0.25, 0.3) is 11.8 Å². The Morgan fingerprint density at radius 2 is 1.89 bits per heavy atom. The smallest absolute Gasteiger partial charge is 0.326 e. The van der Waals surface area contributed by atoms with Crippen LogP contribution in [-0.2, 0) is 14.3 Å². The minimum absolute atomic E-state index is 0.292. The molecule has 2 amide bonds. The maximum absolute atomic E-state index is 12.1. The number of hydrogen-bond donors (Lipinski definition) is 2. The fraction of sp³-hybridized carbons (Fsp3) is 0.200. The van der Waals surface area contributed by atoms with Crippen molar-refractivity contribution in [2.45, 2.75) is 13.0 Å². The highest BCUT2D eigenvalue weighted by Crippen LogP contribution is 2.14. The Labute approximate surface area is 162 Å². The summed E-state index contributed by atoms with van der Waals surface area (Å²) in [5.74, 6) is -1.32. The van der Waals surface area contributed by atoms with Crippen molar-refractivity contribution in [3.05, 3.63) is 59.7 Å². The van der Waals surface area contributed by atoms with E-state index in [4.69, 9.17) is 14.7 Å². The molecule has 1 unspecified atom stereocenters. The van der Waals surface area contributed by atoms with Gasteiger partial charge in [-0.1, -0.05) is 18.2 Å². The zero-order chi connectivity index (χ0) is 20.5. The van der Waals surface area contributed by atoms with Crippen molar-refractivity contribution in [1.82, 2.24) is 5.32 Å². The largest absolute Gasteiger partial charge is 0.497 e. The van der Waals surface area contributed by atoms with E-state index < -0.39 is 30.4 Å². The lowest BCUT2D eigenvalue weighted by Crippen LogP contribution is -2.35. The number of nitriles is 1. The molecule has 0 spiro atoms. The van der Waals surface area contributed by atoms with Crippen LogP contribution in [0, 0.1) is 11.3 Å². The van der Waals surface area contributed by atoms with Crippen LogP contribution in [0.1, 0.15) is 22.8 Å². The summed E-state index contributed by atoms with van der Waals surface area (Å²) >= 11 is 0. The molecule has 0 radical (unpaired) electrons. The van der Waals surface area contributed by atoms with Gasteiger partial charge in [0.2, 0.25) is 0 Å². The Bertz CT molecular complexity index is 920. The van der Waals surface area contributed by atoms with Gasteiger partial charge in [0.1, 0.15) is 18.4 Å². The lowest BCUT2D eigenvalue weighted by molar-refractivity contribution is -0.152. The minimum Gasteiger partial charge on any atom is -0.497 e. The Morgan fingerprint density at radius 1 is 1.14 bits per heavy atom. The molecule has 0 fully saturated rings. The molecule has 0 aliphatic carbocycles. The van der Waals surface area contributed by atoms with Gasteiger partial charge in [0, 0.05) is 5.56 Å². The summed E-state index contributed by atoms with van der Waals surface area (Å²) in [5, 5.41) is 14.0. The quantitative estimate of drug-likeness (QED) is 0.707. The summed E-state index contributed by atoms with van der Waals surface area (Å²) in [4.78, 5) is 36.1. The van der Waals surface area contributed by atoms with Gasteiger partial charge in [-0.05, 0) is 37.3 Å². The number of para-hydroxylation sites is 1. The van der Waals surface area contributed by atoms with Crippen molar-refractivity contribution in [3.8, 4) is 11.8 Å². The lowest BCUT2D eigenvalue weighted by Gasteiger charge is -2.14. The van der Waals surface area contributed by atoms with Crippen LogP contribution in [-0.4, -0.2) is 37.5 Å². The molecule has 28 heavy (non-hydrogen) atoms. The Morgan fingerprint density at radius 3 is 2.61 bits per heavy atom. The highest BCUT2D eigenvalue weighted by atomic mass is 16.5. The second kappa shape index (κ2) is 9.73. The van der Waals surface area contributed by atoms with Crippen molar-refractivity contribution >= 4 is 23.5 Å². The molecule has 8 heteroatoms. The second-order valence-electron chi connectivity index (χ2n) is 5.69. The van der Waals surface area contributed by atoms with Gasteiger partial charge in [-0.3, -0.25) is 14.4 Å². The Balaban J connectivity index is 1.85. The highest BCUT2D eigenvalue weighted by Gasteiger charge is 2.19. The van der Waals surface area contributed by atoms with Gasteiger partial charge in [0.05, 0.1) is 18.4 Å². The first kappa shape index (κ1) is 20.5. The molecule has 0 aliphatic rings. The van der Waals surface area contributed by atoms with Gasteiger partial charge < -0.3 is 20.1 Å². The van der Waals surface area contributed by atoms with Crippen LogP contribution < -0.4 is 15.4 Å². The molecule has 0 aromatic heterocycles. The van der Waals surface area contributed by atoms with E-state index in [1.807, 2.05) is 6.07 Å². The molecule has 0 saturated carbocycles. The third-order valence-corrected chi connectivity index (χ3v) is 3.71. The molecule has 0 heterocycles. The summed E-state index contributed by atoms with van der Waals surface area (Å²) < 4.78 is 10.1. The van der Waals surface area contributed by atoms with E-state index in [9.17, 15) is 14.4 Å². The topological polar surface area (TPSA) is 118 Å². The van der Waals surface area contributed by atoms with Crippen LogP contribution in [0.15, 0.2) is 48.5 Å². The molecule has 2 N–H and O–H groups in total. The maximum Gasteiger partial charge on any atom is 0.326 e. The number of benzene rings is 2. The number of nitrogens with one attached hydrogen (secondary N) is 2. The third kappa shape index (κ3) is 5.57. The van der Waals surface area contributed by atoms with Crippen molar-refractivity contribution in [2.75, 3.05) is 19.0 Å². The predicted octanol–water partition coefficient (Wildman–Crippen LogP) is 1.87. The lowest BCUT2D eigenvalue weighted by atomic mass is 10.2. The van der Waals surface area contributed by atoms with Crippen molar-refractivity contribution in [1.29, 1.82) is 5.26 Å². The van der Waals surface area contributed by atoms with Crippen LogP contribution >= 0.6 is 0 Å². The Hall–Kier alpha value is -3.86. The average molecular weight is 381 g/mol. The number of methoxy groups -OCH3 is 1. The molecule has 144 valence electrons. The Kier molecular flexibility index (Phi) is 7.11. The summed E-state index contributed by atoms with van der Waals surface area (Å²) in [7, 11) is 1.48. The van der Waals surface area contributed by atoms with E-state index in [1.165, 1.54) is 20.1 Å². The fourth-order valence-electron chi connectivity index (χ4n) is 2.24. The summed E-state index contributed by atoms with van der Waals surface area (Å²) in [6.45, 7) is 0.995. The van der Waals surface area contributed by atoms with Crippen molar-refractivity contribution in [3.63, 3.8) is 0 Å². The van der Waals surface area contributed by atoms with Crippen molar-refractivity contribution < 1.29 is 23.9 Å². The van der Waals surface area contributed by atoms with E-state index in [-0.39, 0.29) is 0 Å². The normalized spacial score (nSPS) is 10.9. The van der Waals surface area contributed by atoms with Gasteiger partial charge in [-0.25, -0.2) is 0 Å². The number of amides is 2. The number of nitrogens with zero attached hydrogens (tertiary/aromatic N) is 1. The van der Waals surface area contributed by atoms with E-state index >= 15 is 0 Å². The second-order valence-corrected chi connectivity index (χ2v) is 5.69. The molecule has 1 atom stereocenters. The molecular formula is C20H19N3O5. The van der Waals surface area contributed by atoms with E-state index in [0.717, 1.165) is 0 Å². The number of esters is 1. The molecule has 2 aromatic rings. The molecule has 8 nitrogen and oxygen atoms in total. The molecule has 0 bridgehead atoms. The number of carbonyl (C=O) groups excluding carboxylic acids is 3. The minimum atomic E-state index is -1.10. The number of anilines is 1. The molecule has 0 aliphatic heterocycles. The van der Waals surface area contributed by atoms with Crippen LogP contribution in [0.4, 0.5) is 5.69 Å². The van der Waals surface area contributed by atoms with E-state index in [0.29, 0.717) is 22.6 Å². The number of hydrogen-bond acceptors (Lipinski definition) is 6. The van der Waals surface area contributed by atoms with E-state index in [2.05, 4.69) is 10.6 Å². The summed E-state index contributed by atoms with van der Waals surface area (Å²) in [5.41, 5.74) is 0.940. The average Bonchev–Trinajstić information content (AvgIpc) is 2.72. The van der Waals surface area contributed by atoms with Crippen LogP contribution in [0.3, 0.4) is 0 Å². The van der Waals surface area contributed by atoms with Crippen LogP contribution in [0.25, 0.3) is 0 Å². The third-order valence-electron chi connectivity index (χ3n) is 3.71. The molecule has 2 aromatic carbocycles. The highest BCUT2D eigenvalue weighted by molar-refractivity contribution is 5.98.